The van der Waals surface area contributed by atoms with Gasteiger partial charge in [-0.2, -0.15) is 0 Å². The summed E-state index contributed by atoms with van der Waals surface area (Å²) in [6.45, 7) is 2.04. The summed E-state index contributed by atoms with van der Waals surface area (Å²) < 4.78 is 0. The molecule has 1 heterocycles. The lowest BCUT2D eigenvalue weighted by atomic mass is 10.1. The molecule has 0 radical (unpaired) electrons. The number of nitrogens with zero attached hydrogens (tertiary/aromatic N) is 2. The average Bonchev–Trinajstić information content (AvgIpc) is 2.80. The molecule has 0 spiro atoms. The number of hydrogen-bond acceptors (Lipinski definition) is 3. The molecular formula is C15H18N2O4. The third kappa shape index (κ3) is 3.21. The Morgan fingerprint density at radius 1 is 1.33 bits per heavy atom. The van der Waals surface area contributed by atoms with Crippen LogP contribution in [0.3, 0.4) is 0 Å². The zero-order valence-corrected chi connectivity index (χ0v) is 12.1. The summed E-state index contributed by atoms with van der Waals surface area (Å²) in [4.78, 5) is 37.8. The van der Waals surface area contributed by atoms with Crippen molar-refractivity contribution in [2.75, 3.05) is 25.0 Å². The molecule has 0 aliphatic carbocycles. The summed E-state index contributed by atoms with van der Waals surface area (Å²) in [6, 6.07) is 7.52. The number of aliphatic carboxylic acids is 1. The van der Waals surface area contributed by atoms with Gasteiger partial charge in [0.05, 0.1) is 0 Å². The number of anilines is 1. The van der Waals surface area contributed by atoms with E-state index in [2.05, 4.69) is 0 Å². The molecule has 1 saturated heterocycles. The van der Waals surface area contributed by atoms with E-state index >= 15 is 0 Å². The number of carboxylic acids is 1. The first kappa shape index (κ1) is 15.0. The highest BCUT2D eigenvalue weighted by atomic mass is 16.4. The van der Waals surface area contributed by atoms with Gasteiger partial charge >= 0.3 is 5.97 Å². The van der Waals surface area contributed by atoms with Crippen molar-refractivity contribution < 1.29 is 19.5 Å². The van der Waals surface area contributed by atoms with Crippen molar-refractivity contribution in [3.63, 3.8) is 0 Å². The first-order valence-electron chi connectivity index (χ1n) is 6.75. The summed E-state index contributed by atoms with van der Waals surface area (Å²) >= 11 is 0. The second kappa shape index (κ2) is 5.95. The van der Waals surface area contributed by atoms with E-state index in [0.717, 1.165) is 16.2 Å². The van der Waals surface area contributed by atoms with Gasteiger partial charge in [-0.15, -0.1) is 0 Å². The van der Waals surface area contributed by atoms with Crippen LogP contribution in [0, 0.1) is 12.8 Å². The zero-order chi connectivity index (χ0) is 15.6. The fourth-order valence-electron chi connectivity index (χ4n) is 2.44. The van der Waals surface area contributed by atoms with E-state index in [1.165, 1.54) is 7.05 Å². The van der Waals surface area contributed by atoms with Crippen molar-refractivity contribution in [3.8, 4) is 0 Å². The second-order valence-corrected chi connectivity index (χ2v) is 5.25. The quantitative estimate of drug-likeness (QED) is 0.835. The number of likely N-dealkylation sites (N-methyl/N-ethyl adjacent to an activating group) is 1. The van der Waals surface area contributed by atoms with Crippen molar-refractivity contribution in [2.45, 2.75) is 13.3 Å². The molecule has 0 bridgehead atoms. The average molecular weight is 290 g/mol. The molecule has 6 nitrogen and oxygen atoms in total. The maximum atomic E-state index is 12.4. The number of hydrogen-bond donors (Lipinski definition) is 1. The molecule has 112 valence electrons. The Labute approximate surface area is 123 Å². The van der Waals surface area contributed by atoms with Gasteiger partial charge in [0.2, 0.25) is 11.8 Å². The molecule has 0 unspecified atom stereocenters. The van der Waals surface area contributed by atoms with E-state index in [4.69, 9.17) is 5.11 Å². The molecule has 1 N–H and O–H groups in total. The standard InChI is InChI=1S/C15H18N2O4/c1-10-3-5-11(6-4-10)17-8-7-12(15(17)21)14(20)16(2)9-13(18)19/h3-6,12H,7-9H2,1-2H3,(H,18,19)/t12-/m0/s1. The third-order valence-corrected chi connectivity index (χ3v) is 3.60. The molecule has 2 amide bonds. The van der Waals surface area contributed by atoms with Crippen LogP contribution in [-0.4, -0.2) is 47.9 Å². The molecule has 2 rings (SSSR count). The molecule has 1 aromatic rings. The van der Waals surface area contributed by atoms with Crippen LogP contribution in [0.4, 0.5) is 5.69 Å². The van der Waals surface area contributed by atoms with E-state index in [1.807, 2.05) is 31.2 Å². The monoisotopic (exact) mass is 290 g/mol. The Morgan fingerprint density at radius 2 is 1.95 bits per heavy atom. The Kier molecular flexibility index (Phi) is 4.26. The minimum absolute atomic E-state index is 0.263. The van der Waals surface area contributed by atoms with Crippen LogP contribution in [0.1, 0.15) is 12.0 Å². The molecule has 0 saturated carbocycles. The lowest BCUT2D eigenvalue weighted by Gasteiger charge is -2.20. The SMILES string of the molecule is Cc1ccc(N2CC[C@@H](C(=O)N(C)CC(=O)O)C2=O)cc1. The van der Waals surface area contributed by atoms with Crippen LogP contribution in [0.2, 0.25) is 0 Å². The Hall–Kier alpha value is -2.37. The fourth-order valence-corrected chi connectivity index (χ4v) is 2.44. The van der Waals surface area contributed by atoms with Gasteiger partial charge < -0.3 is 14.9 Å². The number of rotatable bonds is 4. The summed E-state index contributed by atoms with van der Waals surface area (Å²) in [6.07, 6.45) is 0.412. The van der Waals surface area contributed by atoms with Gasteiger partial charge in [-0.3, -0.25) is 14.4 Å². The van der Waals surface area contributed by atoms with Crippen LogP contribution in [-0.2, 0) is 14.4 Å². The van der Waals surface area contributed by atoms with Crippen LogP contribution in [0.5, 0.6) is 0 Å². The van der Waals surface area contributed by atoms with Gasteiger partial charge in [0.15, 0.2) is 0 Å². The predicted octanol–water partition coefficient (Wildman–Crippen LogP) is 0.891. The first-order chi connectivity index (χ1) is 9.90. The first-order valence-corrected chi connectivity index (χ1v) is 6.75. The van der Waals surface area contributed by atoms with Gasteiger partial charge in [-0.25, -0.2) is 0 Å². The molecule has 1 aliphatic heterocycles. The molecule has 0 aromatic heterocycles. The lowest BCUT2D eigenvalue weighted by Crippen LogP contribution is -2.40. The van der Waals surface area contributed by atoms with Gasteiger partial charge in [-0.1, -0.05) is 17.7 Å². The minimum atomic E-state index is -1.09. The van der Waals surface area contributed by atoms with E-state index in [1.54, 1.807) is 4.90 Å². The minimum Gasteiger partial charge on any atom is -0.480 e. The highest BCUT2D eigenvalue weighted by Crippen LogP contribution is 2.26. The van der Waals surface area contributed by atoms with E-state index < -0.39 is 24.3 Å². The molecular weight excluding hydrogens is 272 g/mol. The number of carbonyl (C=O) groups excluding carboxylic acids is 2. The van der Waals surface area contributed by atoms with Crippen LogP contribution < -0.4 is 4.90 Å². The number of carboxylic acid groups (broad SMARTS) is 1. The maximum Gasteiger partial charge on any atom is 0.323 e. The van der Waals surface area contributed by atoms with E-state index in [9.17, 15) is 14.4 Å². The molecule has 1 fully saturated rings. The van der Waals surface area contributed by atoms with Crippen molar-refractivity contribution in [1.82, 2.24) is 4.90 Å². The maximum absolute atomic E-state index is 12.4. The van der Waals surface area contributed by atoms with Crippen LogP contribution >= 0.6 is 0 Å². The number of amides is 2. The topological polar surface area (TPSA) is 77.9 Å². The number of aryl methyl sites for hydroxylation is 1. The Balaban J connectivity index is 2.09. The second-order valence-electron chi connectivity index (χ2n) is 5.25. The van der Waals surface area contributed by atoms with E-state index in [-0.39, 0.29) is 5.91 Å². The fraction of sp³-hybridized carbons (Fsp3) is 0.400. The van der Waals surface area contributed by atoms with Crippen molar-refractivity contribution >= 4 is 23.5 Å². The van der Waals surface area contributed by atoms with Crippen molar-refractivity contribution in [2.24, 2.45) is 5.92 Å². The Morgan fingerprint density at radius 3 is 2.52 bits per heavy atom. The third-order valence-electron chi connectivity index (χ3n) is 3.60. The summed E-state index contributed by atoms with van der Waals surface area (Å²) in [5.41, 5.74) is 1.86. The smallest absolute Gasteiger partial charge is 0.323 e. The van der Waals surface area contributed by atoms with Gasteiger partial charge in [-0.05, 0) is 25.5 Å². The van der Waals surface area contributed by atoms with Crippen LogP contribution in [0.25, 0.3) is 0 Å². The highest BCUT2D eigenvalue weighted by Gasteiger charge is 2.39. The molecule has 21 heavy (non-hydrogen) atoms. The number of carbonyl (C=O) groups is 3. The largest absolute Gasteiger partial charge is 0.480 e. The Bertz CT molecular complexity index is 568. The van der Waals surface area contributed by atoms with Crippen molar-refractivity contribution in [3.05, 3.63) is 29.8 Å². The summed E-state index contributed by atoms with van der Waals surface area (Å²) in [5.74, 6) is -2.57. The summed E-state index contributed by atoms with van der Waals surface area (Å²) in [5, 5.41) is 8.71. The highest BCUT2D eigenvalue weighted by molar-refractivity contribution is 6.09. The zero-order valence-electron chi connectivity index (χ0n) is 12.1. The van der Waals surface area contributed by atoms with E-state index in [0.29, 0.717) is 13.0 Å². The normalized spacial score (nSPS) is 17.9. The van der Waals surface area contributed by atoms with Gasteiger partial charge in [0.25, 0.3) is 0 Å². The van der Waals surface area contributed by atoms with Gasteiger partial charge in [0.1, 0.15) is 12.5 Å². The van der Waals surface area contributed by atoms with Crippen LogP contribution in [0.15, 0.2) is 24.3 Å². The van der Waals surface area contributed by atoms with Gasteiger partial charge in [0, 0.05) is 19.3 Å². The summed E-state index contributed by atoms with van der Waals surface area (Å²) in [7, 11) is 1.40. The predicted molar refractivity (Wildman–Crippen MR) is 76.9 cm³/mol. The number of benzene rings is 1. The molecule has 1 aromatic carbocycles. The molecule has 1 atom stereocenters. The molecule has 6 heteroatoms. The van der Waals surface area contributed by atoms with Crippen molar-refractivity contribution in [1.29, 1.82) is 0 Å². The molecule has 1 aliphatic rings. The lowest BCUT2D eigenvalue weighted by molar-refractivity contribution is -0.146.